The lowest BCUT2D eigenvalue weighted by Crippen LogP contribution is -2.08. The Labute approximate surface area is 114 Å². The van der Waals surface area contributed by atoms with E-state index in [4.69, 9.17) is 22.6 Å². The molecule has 0 saturated carbocycles. The lowest BCUT2D eigenvalue weighted by molar-refractivity contribution is 1.03. The number of hydrogen-bond acceptors (Lipinski definition) is 5. The molecule has 0 amide bonds. The minimum absolute atomic E-state index is 0.393. The number of halogens is 1. The quantitative estimate of drug-likeness (QED) is 0.902. The molecule has 0 radical (unpaired) electrons. The summed E-state index contributed by atoms with van der Waals surface area (Å²) in [5.41, 5.74) is 6.64. The summed E-state index contributed by atoms with van der Waals surface area (Å²) in [6.45, 7) is 0.697. The van der Waals surface area contributed by atoms with Crippen molar-refractivity contribution in [2.45, 2.75) is 6.42 Å². The topological polar surface area (TPSA) is 74.7 Å². The third-order valence-electron chi connectivity index (χ3n) is 2.40. The predicted molar refractivity (Wildman–Crippen MR) is 74.9 cm³/mol. The van der Waals surface area contributed by atoms with Crippen LogP contribution < -0.4 is 11.1 Å². The zero-order valence-corrected chi connectivity index (χ0v) is 11.1. The van der Waals surface area contributed by atoms with Crippen LogP contribution in [0.5, 0.6) is 0 Å². The molecule has 0 aliphatic heterocycles. The first-order valence-corrected chi connectivity index (χ1v) is 6.53. The number of pyridine rings is 1. The lowest BCUT2D eigenvalue weighted by atomic mass is 10.2. The second-order valence-corrected chi connectivity index (χ2v) is 5.41. The van der Waals surface area contributed by atoms with Gasteiger partial charge in [0.2, 0.25) is 0 Å². The van der Waals surface area contributed by atoms with Gasteiger partial charge >= 0.3 is 0 Å². The van der Waals surface area contributed by atoms with E-state index >= 15 is 0 Å². The van der Waals surface area contributed by atoms with Gasteiger partial charge in [-0.05, 0) is 24.6 Å². The van der Waals surface area contributed by atoms with Crippen molar-refractivity contribution in [2.24, 2.45) is 0 Å². The molecule has 2 aromatic heterocycles. The van der Waals surface area contributed by atoms with Crippen molar-refractivity contribution in [3.05, 3.63) is 39.2 Å². The number of thiophene rings is 1. The van der Waals surface area contributed by atoms with E-state index in [2.05, 4.69) is 10.3 Å². The highest BCUT2D eigenvalue weighted by molar-refractivity contribution is 7.16. The normalized spacial score (nSPS) is 10.0. The molecule has 0 aliphatic carbocycles. The van der Waals surface area contributed by atoms with Crippen molar-refractivity contribution < 1.29 is 0 Å². The molecule has 92 valence electrons. The van der Waals surface area contributed by atoms with Crippen LogP contribution >= 0.6 is 22.9 Å². The van der Waals surface area contributed by atoms with Gasteiger partial charge in [0.15, 0.2) is 5.82 Å². The average molecular weight is 279 g/mol. The molecule has 2 aromatic rings. The lowest BCUT2D eigenvalue weighted by Gasteiger charge is -2.08. The van der Waals surface area contributed by atoms with Gasteiger partial charge in [-0.15, -0.1) is 11.3 Å². The van der Waals surface area contributed by atoms with E-state index in [1.165, 1.54) is 4.88 Å². The molecule has 0 fully saturated rings. The van der Waals surface area contributed by atoms with E-state index in [1.54, 1.807) is 23.6 Å². The van der Waals surface area contributed by atoms with Gasteiger partial charge in [-0.2, -0.15) is 5.26 Å². The Kier molecular flexibility index (Phi) is 4.03. The minimum Gasteiger partial charge on any atom is -0.395 e. The van der Waals surface area contributed by atoms with Crippen molar-refractivity contribution in [3.63, 3.8) is 0 Å². The van der Waals surface area contributed by atoms with Crippen LogP contribution in [0.3, 0.4) is 0 Å². The fourth-order valence-corrected chi connectivity index (χ4v) is 2.59. The molecule has 4 nitrogen and oxygen atoms in total. The Balaban J connectivity index is 1.97. The Morgan fingerprint density at radius 1 is 1.44 bits per heavy atom. The minimum atomic E-state index is 0.393. The molecule has 2 rings (SSSR count). The molecule has 0 aliphatic rings. The number of rotatable bonds is 4. The number of nitrogens with two attached hydrogens (primary N) is 1. The fourth-order valence-electron chi connectivity index (χ4n) is 1.50. The van der Waals surface area contributed by atoms with Gasteiger partial charge < -0.3 is 11.1 Å². The third kappa shape index (κ3) is 2.92. The summed E-state index contributed by atoms with van der Waals surface area (Å²) in [7, 11) is 0. The van der Waals surface area contributed by atoms with Crippen LogP contribution in [0.4, 0.5) is 11.5 Å². The van der Waals surface area contributed by atoms with Crippen molar-refractivity contribution in [1.82, 2.24) is 4.98 Å². The molecule has 18 heavy (non-hydrogen) atoms. The maximum absolute atomic E-state index is 8.85. The predicted octanol–water partition coefficient (Wildman–Crippen LogP) is 2.90. The summed E-state index contributed by atoms with van der Waals surface area (Å²) < 4.78 is 0.786. The molecule has 6 heteroatoms. The summed E-state index contributed by atoms with van der Waals surface area (Å²) in [4.78, 5) is 5.31. The maximum atomic E-state index is 8.85. The second kappa shape index (κ2) is 5.71. The van der Waals surface area contributed by atoms with Crippen LogP contribution in [0.1, 0.15) is 10.4 Å². The van der Waals surface area contributed by atoms with Gasteiger partial charge in [0, 0.05) is 17.6 Å². The molecule has 0 unspecified atom stereocenters. The summed E-state index contributed by atoms with van der Waals surface area (Å²) >= 11 is 7.41. The van der Waals surface area contributed by atoms with Gasteiger partial charge in [-0.25, -0.2) is 4.98 Å². The molecular formula is C12H11ClN4S. The van der Waals surface area contributed by atoms with Crippen molar-refractivity contribution in [3.8, 4) is 6.07 Å². The van der Waals surface area contributed by atoms with Crippen LogP contribution in [0.15, 0.2) is 24.4 Å². The average Bonchev–Trinajstić information content (AvgIpc) is 2.77. The summed E-state index contributed by atoms with van der Waals surface area (Å²) in [5, 5.41) is 12.0. The highest BCUT2D eigenvalue weighted by Crippen LogP contribution is 2.22. The molecule has 0 aromatic carbocycles. The van der Waals surface area contributed by atoms with E-state index < -0.39 is 0 Å². The van der Waals surface area contributed by atoms with E-state index in [0.29, 0.717) is 23.6 Å². The number of anilines is 2. The van der Waals surface area contributed by atoms with Gasteiger partial charge in [-0.3, -0.25) is 0 Å². The zero-order valence-electron chi connectivity index (χ0n) is 9.48. The summed E-state index contributed by atoms with van der Waals surface area (Å²) in [6, 6.07) is 7.50. The van der Waals surface area contributed by atoms with Gasteiger partial charge in [0.25, 0.3) is 0 Å². The number of nitrogens with zero attached hydrogens (tertiary/aromatic N) is 2. The van der Waals surface area contributed by atoms with Gasteiger partial charge in [0.1, 0.15) is 6.07 Å². The first-order valence-electron chi connectivity index (χ1n) is 5.33. The Morgan fingerprint density at radius 3 is 2.94 bits per heavy atom. The monoisotopic (exact) mass is 278 g/mol. The Bertz CT molecular complexity index is 588. The van der Waals surface area contributed by atoms with E-state index in [9.17, 15) is 0 Å². The first-order chi connectivity index (χ1) is 8.70. The standard InChI is InChI=1S/C12H11ClN4S/c13-10-2-1-9(18-10)4-6-17-12-11(15)8(7-14)3-5-16-12/h1-3,5H,4,6,15H2,(H,16,17). The van der Waals surface area contributed by atoms with Crippen LogP contribution in [0.2, 0.25) is 4.34 Å². The smallest absolute Gasteiger partial charge is 0.150 e. The molecule has 0 atom stereocenters. The first kappa shape index (κ1) is 12.7. The van der Waals surface area contributed by atoms with E-state index in [0.717, 1.165) is 10.8 Å². The highest BCUT2D eigenvalue weighted by Gasteiger charge is 2.05. The number of nitrogens with one attached hydrogen (secondary N) is 1. The number of hydrogen-bond donors (Lipinski definition) is 2. The molecule has 0 spiro atoms. The summed E-state index contributed by atoms with van der Waals surface area (Å²) in [6.07, 6.45) is 2.41. The summed E-state index contributed by atoms with van der Waals surface area (Å²) in [5.74, 6) is 0.553. The maximum Gasteiger partial charge on any atom is 0.150 e. The molecule has 2 heterocycles. The van der Waals surface area contributed by atoms with Crippen LogP contribution in [0, 0.1) is 11.3 Å². The van der Waals surface area contributed by atoms with Crippen molar-refractivity contribution in [1.29, 1.82) is 5.26 Å². The van der Waals surface area contributed by atoms with Crippen LogP contribution in [0.25, 0.3) is 0 Å². The molecule has 0 bridgehead atoms. The van der Waals surface area contributed by atoms with Crippen molar-refractivity contribution >= 4 is 34.4 Å². The van der Waals surface area contributed by atoms with Crippen LogP contribution in [-0.4, -0.2) is 11.5 Å². The third-order valence-corrected chi connectivity index (χ3v) is 3.69. The van der Waals surface area contributed by atoms with E-state index in [1.807, 2.05) is 18.2 Å². The SMILES string of the molecule is N#Cc1ccnc(NCCc2ccc(Cl)s2)c1N. The molecule has 3 N–H and O–H groups in total. The largest absolute Gasteiger partial charge is 0.395 e. The fraction of sp³-hybridized carbons (Fsp3) is 0.167. The van der Waals surface area contributed by atoms with Crippen LogP contribution in [-0.2, 0) is 6.42 Å². The number of nitriles is 1. The highest BCUT2D eigenvalue weighted by atomic mass is 35.5. The second-order valence-electron chi connectivity index (χ2n) is 3.62. The Hall–Kier alpha value is -1.77. The van der Waals surface area contributed by atoms with Crippen molar-refractivity contribution in [2.75, 3.05) is 17.6 Å². The van der Waals surface area contributed by atoms with E-state index in [-0.39, 0.29) is 0 Å². The Morgan fingerprint density at radius 2 is 2.28 bits per heavy atom. The number of aromatic nitrogens is 1. The van der Waals surface area contributed by atoms with Gasteiger partial charge in [-0.1, -0.05) is 11.6 Å². The molecule has 0 saturated heterocycles. The number of nitrogen functional groups attached to an aromatic ring is 1. The van der Waals surface area contributed by atoms with Gasteiger partial charge in [0.05, 0.1) is 15.6 Å². The molecular weight excluding hydrogens is 268 g/mol. The zero-order chi connectivity index (χ0) is 13.0.